The van der Waals surface area contributed by atoms with Gasteiger partial charge in [0.05, 0.1) is 18.9 Å². The molecule has 4 nitrogen and oxygen atoms in total. The minimum Gasteiger partial charge on any atom is -0.370 e. The highest BCUT2D eigenvalue weighted by atomic mass is 32.2. The molecule has 1 aliphatic rings. The van der Waals surface area contributed by atoms with Crippen molar-refractivity contribution in [2.75, 3.05) is 25.4 Å². The first-order valence-electron chi connectivity index (χ1n) is 7.40. The highest BCUT2D eigenvalue weighted by molar-refractivity contribution is 8.00. The molecule has 0 saturated carbocycles. The number of carbonyl (C=O) groups excluding carboxylic acids is 1. The first-order valence-corrected chi connectivity index (χ1v) is 8.38. The van der Waals surface area contributed by atoms with Gasteiger partial charge in [0.1, 0.15) is 11.9 Å². The lowest BCUT2D eigenvalue weighted by Gasteiger charge is -2.33. The molecule has 1 aromatic heterocycles. The number of amides is 1. The number of halogens is 1. The van der Waals surface area contributed by atoms with Gasteiger partial charge in [-0.2, -0.15) is 0 Å². The van der Waals surface area contributed by atoms with Crippen molar-refractivity contribution >= 4 is 17.7 Å². The Balaban J connectivity index is 1.57. The van der Waals surface area contributed by atoms with Gasteiger partial charge in [-0.25, -0.2) is 4.39 Å². The Morgan fingerprint density at radius 2 is 2.00 bits per heavy atom. The summed E-state index contributed by atoms with van der Waals surface area (Å²) in [4.78, 5) is 19.2. The second-order valence-corrected chi connectivity index (χ2v) is 6.27. The van der Waals surface area contributed by atoms with Crippen molar-refractivity contribution in [2.24, 2.45) is 0 Å². The number of hydrogen-bond donors (Lipinski definition) is 0. The lowest BCUT2D eigenvalue weighted by Crippen LogP contribution is -2.43. The van der Waals surface area contributed by atoms with E-state index in [1.165, 1.54) is 23.9 Å². The van der Waals surface area contributed by atoms with Crippen molar-refractivity contribution in [3.63, 3.8) is 0 Å². The van der Waals surface area contributed by atoms with E-state index in [4.69, 9.17) is 4.74 Å². The zero-order valence-electron chi connectivity index (χ0n) is 12.5. The van der Waals surface area contributed by atoms with Crippen LogP contribution in [0.15, 0.2) is 53.7 Å². The lowest BCUT2D eigenvalue weighted by atomic mass is 10.1. The number of hydrogen-bond acceptors (Lipinski definition) is 4. The maximum Gasteiger partial charge on any atom is 0.233 e. The Hall–Kier alpha value is -1.92. The normalized spacial score (nSPS) is 18.0. The average molecular weight is 332 g/mol. The molecule has 0 N–H and O–H groups in total. The minimum atomic E-state index is -0.272. The van der Waals surface area contributed by atoms with Gasteiger partial charge in [-0.05, 0) is 29.8 Å². The molecule has 0 spiro atoms. The van der Waals surface area contributed by atoms with E-state index in [9.17, 15) is 9.18 Å². The van der Waals surface area contributed by atoms with Gasteiger partial charge in [0.15, 0.2) is 0 Å². The maximum absolute atomic E-state index is 13.0. The van der Waals surface area contributed by atoms with Crippen molar-refractivity contribution in [3.05, 3.63) is 60.2 Å². The molecule has 2 heterocycles. The fourth-order valence-corrected chi connectivity index (χ4v) is 3.21. The van der Waals surface area contributed by atoms with Gasteiger partial charge in [0.25, 0.3) is 0 Å². The molecular formula is C17H17FN2O2S. The van der Waals surface area contributed by atoms with Crippen LogP contribution < -0.4 is 0 Å². The van der Waals surface area contributed by atoms with E-state index < -0.39 is 0 Å². The van der Waals surface area contributed by atoms with Gasteiger partial charge in [0.2, 0.25) is 5.91 Å². The third-order valence-corrected chi connectivity index (χ3v) is 4.67. The number of rotatable bonds is 4. The number of aromatic nitrogens is 1. The third-order valence-electron chi connectivity index (χ3n) is 3.67. The number of ether oxygens (including phenoxy) is 1. The first kappa shape index (κ1) is 16.0. The number of carbonyl (C=O) groups is 1. The van der Waals surface area contributed by atoms with Crippen LogP contribution in [0.4, 0.5) is 4.39 Å². The molecule has 1 saturated heterocycles. The molecular weight excluding hydrogens is 315 g/mol. The van der Waals surface area contributed by atoms with E-state index in [2.05, 4.69) is 4.98 Å². The fraction of sp³-hybridized carbons (Fsp3) is 0.294. The average Bonchev–Trinajstić information content (AvgIpc) is 2.61. The molecule has 1 fully saturated rings. The van der Waals surface area contributed by atoms with Gasteiger partial charge in [0, 0.05) is 23.8 Å². The molecule has 1 unspecified atom stereocenters. The number of morpholine rings is 1. The number of nitrogens with zero attached hydrogens (tertiary/aromatic N) is 2. The highest BCUT2D eigenvalue weighted by Crippen LogP contribution is 2.24. The van der Waals surface area contributed by atoms with Crippen LogP contribution in [0, 0.1) is 5.82 Å². The number of thioether (sulfide) groups is 1. The zero-order valence-corrected chi connectivity index (χ0v) is 13.3. The summed E-state index contributed by atoms with van der Waals surface area (Å²) in [5, 5.41) is 0. The summed E-state index contributed by atoms with van der Waals surface area (Å²) in [5.74, 6) is 0.202. The van der Waals surface area contributed by atoms with Crippen LogP contribution in [0.25, 0.3) is 0 Å². The van der Waals surface area contributed by atoms with E-state index in [0.717, 1.165) is 10.5 Å². The molecule has 0 radical (unpaired) electrons. The summed E-state index contributed by atoms with van der Waals surface area (Å²) in [6.07, 6.45) is 3.23. The van der Waals surface area contributed by atoms with Crippen LogP contribution >= 0.6 is 11.8 Å². The predicted octanol–water partition coefficient (Wildman–Crippen LogP) is 2.91. The highest BCUT2D eigenvalue weighted by Gasteiger charge is 2.25. The summed E-state index contributed by atoms with van der Waals surface area (Å²) in [6, 6.07) is 10.0. The summed E-state index contributed by atoms with van der Waals surface area (Å²) >= 11 is 1.50. The molecule has 1 aliphatic heterocycles. The largest absolute Gasteiger partial charge is 0.370 e. The van der Waals surface area contributed by atoms with Crippen LogP contribution in [0.5, 0.6) is 0 Å². The van der Waals surface area contributed by atoms with Crippen molar-refractivity contribution in [2.45, 2.75) is 11.0 Å². The second kappa shape index (κ2) is 7.57. The van der Waals surface area contributed by atoms with E-state index in [1.807, 2.05) is 17.0 Å². The summed E-state index contributed by atoms with van der Waals surface area (Å²) in [7, 11) is 0. The Labute approximate surface area is 138 Å². The second-order valence-electron chi connectivity index (χ2n) is 5.22. The first-order chi connectivity index (χ1) is 11.2. The van der Waals surface area contributed by atoms with E-state index >= 15 is 0 Å². The molecule has 2 aromatic rings. The SMILES string of the molecule is O=C(CSc1ccncc1)N1CCOC(c2ccc(F)cc2)C1. The summed E-state index contributed by atoms with van der Waals surface area (Å²) in [6.45, 7) is 1.59. The van der Waals surface area contributed by atoms with Gasteiger partial charge >= 0.3 is 0 Å². The molecule has 6 heteroatoms. The fourth-order valence-electron chi connectivity index (χ4n) is 2.43. The maximum atomic E-state index is 13.0. The Kier molecular flexibility index (Phi) is 5.25. The molecule has 3 rings (SSSR count). The van der Waals surface area contributed by atoms with E-state index in [1.54, 1.807) is 24.5 Å². The topological polar surface area (TPSA) is 42.4 Å². The van der Waals surface area contributed by atoms with Crippen molar-refractivity contribution < 1.29 is 13.9 Å². The van der Waals surface area contributed by atoms with Crippen LogP contribution in [-0.4, -0.2) is 41.2 Å². The van der Waals surface area contributed by atoms with Crippen LogP contribution in [0.3, 0.4) is 0 Å². The van der Waals surface area contributed by atoms with Gasteiger partial charge in [-0.15, -0.1) is 11.8 Å². The minimum absolute atomic E-state index is 0.0854. The van der Waals surface area contributed by atoms with Crippen molar-refractivity contribution in [3.8, 4) is 0 Å². The van der Waals surface area contributed by atoms with Crippen molar-refractivity contribution in [1.82, 2.24) is 9.88 Å². The number of pyridine rings is 1. The summed E-state index contributed by atoms with van der Waals surface area (Å²) in [5.41, 5.74) is 0.894. The van der Waals surface area contributed by atoms with Crippen molar-refractivity contribution in [1.29, 1.82) is 0 Å². The molecule has 0 bridgehead atoms. The van der Waals surface area contributed by atoms with Crippen LogP contribution in [-0.2, 0) is 9.53 Å². The monoisotopic (exact) mass is 332 g/mol. The zero-order chi connectivity index (χ0) is 16.1. The van der Waals surface area contributed by atoms with E-state index in [-0.39, 0.29) is 17.8 Å². The van der Waals surface area contributed by atoms with E-state index in [0.29, 0.717) is 25.4 Å². The molecule has 1 aromatic carbocycles. The standard InChI is InChI=1S/C17H17FN2O2S/c18-14-3-1-13(2-4-14)16-11-20(9-10-22-16)17(21)12-23-15-5-7-19-8-6-15/h1-8,16H,9-12H2. The van der Waals surface area contributed by atoms with Gasteiger partial charge < -0.3 is 9.64 Å². The Morgan fingerprint density at radius 1 is 1.26 bits per heavy atom. The smallest absolute Gasteiger partial charge is 0.233 e. The van der Waals surface area contributed by atoms with Gasteiger partial charge in [-0.1, -0.05) is 12.1 Å². The molecule has 23 heavy (non-hydrogen) atoms. The lowest BCUT2D eigenvalue weighted by molar-refractivity contribution is -0.136. The molecule has 0 aliphatic carbocycles. The van der Waals surface area contributed by atoms with Crippen LogP contribution in [0.2, 0.25) is 0 Å². The number of benzene rings is 1. The third kappa shape index (κ3) is 4.30. The quantitative estimate of drug-likeness (QED) is 0.808. The molecule has 120 valence electrons. The van der Waals surface area contributed by atoms with Crippen LogP contribution in [0.1, 0.15) is 11.7 Å². The Bertz CT molecular complexity index is 651. The molecule has 1 amide bonds. The predicted molar refractivity (Wildman–Crippen MR) is 86.6 cm³/mol. The Morgan fingerprint density at radius 3 is 2.74 bits per heavy atom. The van der Waals surface area contributed by atoms with Gasteiger partial charge in [-0.3, -0.25) is 9.78 Å². The summed E-state index contributed by atoms with van der Waals surface area (Å²) < 4.78 is 18.7. The molecule has 1 atom stereocenters.